The quantitative estimate of drug-likeness (QED) is 0.875. The molecule has 0 aliphatic carbocycles. The summed E-state index contributed by atoms with van der Waals surface area (Å²) < 4.78 is 18.4. The average Bonchev–Trinajstić information content (AvgIpc) is 2.49. The normalized spacial score (nSPS) is 11.5. The van der Waals surface area contributed by atoms with Crippen LogP contribution >= 0.6 is 15.9 Å². The van der Waals surface area contributed by atoms with Crippen LogP contribution in [0.3, 0.4) is 0 Å². The largest absolute Gasteiger partial charge is 0.503 e. The lowest BCUT2D eigenvalue weighted by Gasteiger charge is -2.15. The molecule has 0 amide bonds. The predicted molar refractivity (Wildman–Crippen MR) is 80.7 cm³/mol. The van der Waals surface area contributed by atoms with Crippen molar-refractivity contribution < 1.29 is 14.2 Å². The Labute approximate surface area is 129 Å². The number of methoxy groups -OCH3 is 1. The highest BCUT2D eigenvalue weighted by atomic mass is 79.9. The minimum atomic E-state index is -0.665. The highest BCUT2D eigenvalue weighted by Crippen LogP contribution is 2.37. The Bertz CT molecular complexity index is 683. The van der Waals surface area contributed by atoms with Crippen LogP contribution < -0.4 is 10.1 Å². The molecule has 2 aromatic carbocycles. The molecule has 108 valence electrons. The van der Waals surface area contributed by atoms with Crippen LogP contribution in [0.4, 0.5) is 10.1 Å². The average molecular weight is 351 g/mol. The molecule has 6 heteroatoms. The molecule has 0 spiro atoms. The molecule has 21 heavy (non-hydrogen) atoms. The van der Waals surface area contributed by atoms with E-state index in [-0.39, 0.29) is 17.3 Å². The van der Waals surface area contributed by atoms with E-state index < -0.39 is 6.04 Å². The highest BCUT2D eigenvalue weighted by Gasteiger charge is 2.16. The van der Waals surface area contributed by atoms with Crippen LogP contribution in [0.15, 0.2) is 40.9 Å². The number of halogens is 2. The lowest BCUT2D eigenvalue weighted by Crippen LogP contribution is -2.08. The number of phenolic OH excluding ortho intramolecular Hbond substituents is 1. The van der Waals surface area contributed by atoms with Gasteiger partial charge in [0.05, 0.1) is 17.7 Å². The molecular weight excluding hydrogens is 339 g/mol. The molecule has 0 aliphatic heterocycles. The van der Waals surface area contributed by atoms with E-state index in [1.165, 1.54) is 19.2 Å². The van der Waals surface area contributed by atoms with Gasteiger partial charge in [-0.3, -0.25) is 0 Å². The zero-order valence-electron chi connectivity index (χ0n) is 11.1. The van der Waals surface area contributed by atoms with Crippen LogP contribution in [-0.2, 0) is 0 Å². The number of rotatable bonds is 4. The van der Waals surface area contributed by atoms with E-state index in [9.17, 15) is 14.8 Å². The van der Waals surface area contributed by atoms with Gasteiger partial charge in [-0.05, 0) is 57.9 Å². The molecule has 1 unspecified atom stereocenters. The van der Waals surface area contributed by atoms with Gasteiger partial charge in [0.2, 0.25) is 0 Å². The Kier molecular flexibility index (Phi) is 4.66. The van der Waals surface area contributed by atoms with Gasteiger partial charge in [0, 0.05) is 5.69 Å². The summed E-state index contributed by atoms with van der Waals surface area (Å²) in [6.45, 7) is 0. The summed E-state index contributed by atoms with van der Waals surface area (Å²) in [5.41, 5.74) is 1.23. The van der Waals surface area contributed by atoms with Crippen molar-refractivity contribution in [2.75, 3.05) is 12.4 Å². The van der Waals surface area contributed by atoms with Gasteiger partial charge in [0.15, 0.2) is 11.5 Å². The van der Waals surface area contributed by atoms with Gasteiger partial charge >= 0.3 is 0 Å². The third-order valence-corrected chi connectivity index (χ3v) is 3.49. The number of phenols is 1. The van der Waals surface area contributed by atoms with Crippen molar-refractivity contribution in [3.63, 3.8) is 0 Å². The summed E-state index contributed by atoms with van der Waals surface area (Å²) in [5, 5.41) is 22.1. The summed E-state index contributed by atoms with van der Waals surface area (Å²) in [4.78, 5) is 0. The fraction of sp³-hybridized carbons (Fsp3) is 0.133. The molecule has 0 heterocycles. The van der Waals surface area contributed by atoms with Gasteiger partial charge in [-0.25, -0.2) is 4.39 Å². The Hall–Kier alpha value is -2.26. The maximum atomic E-state index is 12.9. The van der Waals surface area contributed by atoms with Gasteiger partial charge in [0.1, 0.15) is 11.9 Å². The smallest absolute Gasteiger partial charge is 0.172 e. The van der Waals surface area contributed by atoms with Crippen LogP contribution in [0, 0.1) is 17.1 Å². The number of anilines is 1. The number of nitriles is 1. The molecule has 0 saturated heterocycles. The molecule has 2 aromatic rings. The van der Waals surface area contributed by atoms with E-state index >= 15 is 0 Å². The molecule has 1 atom stereocenters. The lowest BCUT2D eigenvalue weighted by molar-refractivity contribution is 0.371. The molecule has 4 nitrogen and oxygen atoms in total. The second-order valence-electron chi connectivity index (χ2n) is 4.27. The number of hydrogen-bond donors (Lipinski definition) is 2. The summed E-state index contributed by atoms with van der Waals surface area (Å²) in [5.74, 6) is -0.108. The highest BCUT2D eigenvalue weighted by molar-refractivity contribution is 9.10. The zero-order chi connectivity index (χ0) is 15.4. The first-order valence-electron chi connectivity index (χ1n) is 6.03. The monoisotopic (exact) mass is 350 g/mol. The second kappa shape index (κ2) is 6.46. The standard InChI is InChI=1S/C15H12BrFN2O2/c1-21-14-7-9(6-12(16)15(14)20)13(8-18)19-11-4-2-10(17)3-5-11/h2-7,13,19-20H,1H3. The number of nitrogens with one attached hydrogen (secondary N) is 1. The first kappa shape index (κ1) is 15.1. The Morgan fingerprint density at radius 3 is 2.57 bits per heavy atom. The summed E-state index contributed by atoms with van der Waals surface area (Å²) in [7, 11) is 1.43. The Morgan fingerprint density at radius 2 is 2.00 bits per heavy atom. The van der Waals surface area contributed by atoms with Crippen molar-refractivity contribution in [2.24, 2.45) is 0 Å². The van der Waals surface area contributed by atoms with Crippen molar-refractivity contribution in [2.45, 2.75) is 6.04 Å². The van der Waals surface area contributed by atoms with E-state index in [1.807, 2.05) is 0 Å². The van der Waals surface area contributed by atoms with Crippen molar-refractivity contribution in [1.82, 2.24) is 0 Å². The first-order valence-corrected chi connectivity index (χ1v) is 6.82. The van der Waals surface area contributed by atoms with Crippen LogP contribution in [0.25, 0.3) is 0 Å². The van der Waals surface area contributed by atoms with E-state index in [2.05, 4.69) is 27.3 Å². The summed E-state index contributed by atoms with van der Waals surface area (Å²) >= 11 is 3.21. The fourth-order valence-electron chi connectivity index (χ4n) is 1.82. The van der Waals surface area contributed by atoms with Crippen LogP contribution in [-0.4, -0.2) is 12.2 Å². The molecule has 2 N–H and O–H groups in total. The van der Waals surface area contributed by atoms with Gasteiger partial charge in [-0.2, -0.15) is 5.26 Å². The fourth-order valence-corrected chi connectivity index (χ4v) is 2.28. The van der Waals surface area contributed by atoms with Gasteiger partial charge in [-0.1, -0.05) is 0 Å². The van der Waals surface area contributed by atoms with Gasteiger partial charge in [-0.15, -0.1) is 0 Å². The van der Waals surface area contributed by atoms with Crippen molar-refractivity contribution in [1.29, 1.82) is 5.26 Å². The predicted octanol–water partition coefficient (Wildman–Crippen LogP) is 3.98. The summed E-state index contributed by atoms with van der Waals surface area (Å²) in [6, 6.07) is 10.4. The SMILES string of the molecule is COc1cc(C(C#N)Nc2ccc(F)cc2)cc(Br)c1O. The Balaban J connectivity index is 2.31. The van der Waals surface area contributed by atoms with Crippen molar-refractivity contribution in [3.05, 3.63) is 52.3 Å². The lowest BCUT2D eigenvalue weighted by atomic mass is 10.1. The number of aromatic hydroxyl groups is 1. The maximum absolute atomic E-state index is 12.9. The molecule has 0 aliphatic rings. The topological polar surface area (TPSA) is 65.3 Å². The molecular formula is C15H12BrFN2O2. The van der Waals surface area contributed by atoms with E-state index in [1.54, 1.807) is 24.3 Å². The van der Waals surface area contributed by atoms with Gasteiger partial charge < -0.3 is 15.2 Å². The second-order valence-corrected chi connectivity index (χ2v) is 5.12. The minimum Gasteiger partial charge on any atom is -0.503 e. The number of ether oxygens (including phenoxy) is 1. The minimum absolute atomic E-state index is 0.0280. The molecule has 0 aromatic heterocycles. The van der Waals surface area contributed by atoms with Crippen LogP contribution in [0.2, 0.25) is 0 Å². The maximum Gasteiger partial charge on any atom is 0.172 e. The molecule has 0 bridgehead atoms. The third kappa shape index (κ3) is 3.44. The van der Waals surface area contributed by atoms with E-state index in [0.29, 0.717) is 15.7 Å². The number of nitrogens with zero attached hydrogens (tertiary/aromatic N) is 1. The third-order valence-electron chi connectivity index (χ3n) is 2.89. The van der Waals surface area contributed by atoms with Crippen LogP contribution in [0.5, 0.6) is 11.5 Å². The van der Waals surface area contributed by atoms with E-state index in [4.69, 9.17) is 4.74 Å². The first-order chi connectivity index (χ1) is 10.0. The summed E-state index contributed by atoms with van der Waals surface area (Å²) in [6.07, 6.45) is 0. The van der Waals surface area contributed by atoms with E-state index in [0.717, 1.165) is 0 Å². The molecule has 0 fully saturated rings. The van der Waals surface area contributed by atoms with Crippen molar-refractivity contribution in [3.8, 4) is 17.6 Å². The van der Waals surface area contributed by atoms with Crippen LogP contribution in [0.1, 0.15) is 11.6 Å². The van der Waals surface area contributed by atoms with Crippen molar-refractivity contribution >= 4 is 21.6 Å². The number of hydrogen-bond acceptors (Lipinski definition) is 4. The van der Waals surface area contributed by atoms with Gasteiger partial charge in [0.25, 0.3) is 0 Å². The molecule has 0 radical (unpaired) electrons. The Morgan fingerprint density at radius 1 is 1.33 bits per heavy atom. The zero-order valence-corrected chi connectivity index (χ0v) is 12.7. The molecule has 2 rings (SSSR count). The number of benzene rings is 2. The molecule has 0 saturated carbocycles.